The number of aliphatic hydroxyl groups excluding tert-OH is 1. The average molecular weight is 743 g/mol. The van der Waals surface area contributed by atoms with Gasteiger partial charge in [0.15, 0.2) is 0 Å². The van der Waals surface area contributed by atoms with Crippen molar-refractivity contribution in [1.82, 2.24) is 5.32 Å². The lowest BCUT2D eigenvalue weighted by Gasteiger charge is -2.23. The van der Waals surface area contributed by atoms with Gasteiger partial charge in [-0.15, -0.1) is 0 Å². The van der Waals surface area contributed by atoms with Crippen LogP contribution in [0.5, 0.6) is 0 Å². The minimum Gasteiger partial charge on any atom is -0.387 e. The number of aliphatic hydroxyl groups is 1. The number of carbonyl (C=O) groups is 1. The van der Waals surface area contributed by atoms with E-state index in [0.717, 1.165) is 70.6 Å². The average Bonchev–Trinajstić information content (AvgIpc) is 3.13. The summed E-state index contributed by atoms with van der Waals surface area (Å²) in [5.41, 5.74) is 5.34. The summed E-state index contributed by atoms with van der Waals surface area (Å²) >= 11 is 0. The molecule has 0 saturated heterocycles. The summed E-state index contributed by atoms with van der Waals surface area (Å²) in [7, 11) is -4.36. The third-order valence-corrected chi connectivity index (χ3v) is 8.57. The standard InChI is InChI=1S/C43H71N2O6P/c1-3-5-7-9-11-13-15-16-17-18-19-20-21-22-23-24-25-26-27-29-31-33-35-37-43(47)45-41(40-51-52(48,49)50-39-38-44)42(46)36-34-32-30-28-14-12-10-8-6-4-2/h5,7,11,13-14,16-17,19-20,22-23,25-26,28-29,31,34,36,41-42,46H,3-4,6,8-10,12,15,18,21,24,27,30,32-33,35,37-40,44H2,1-2H3,(H,45,47)(H,48,49)/b7-5-,13-11-,17-16-,20-19-,23-22-,26-25-,28-14+,31-29-,36-34+. The molecule has 52 heavy (non-hydrogen) atoms. The molecule has 0 spiro atoms. The number of carbonyl (C=O) groups excluding carboxylic acids is 1. The molecule has 1 amide bonds. The lowest BCUT2D eigenvalue weighted by molar-refractivity contribution is -0.122. The largest absolute Gasteiger partial charge is 0.472 e. The summed E-state index contributed by atoms with van der Waals surface area (Å²) in [6.07, 6.45) is 53.0. The summed E-state index contributed by atoms with van der Waals surface area (Å²) in [4.78, 5) is 22.6. The third kappa shape index (κ3) is 35.6. The van der Waals surface area contributed by atoms with Crippen LogP contribution in [0, 0.1) is 0 Å². The second kappa shape index (κ2) is 37.9. The van der Waals surface area contributed by atoms with E-state index < -0.39 is 20.0 Å². The molecule has 0 fully saturated rings. The molecule has 3 unspecified atom stereocenters. The van der Waals surface area contributed by atoms with Crippen LogP contribution in [-0.4, -0.2) is 47.8 Å². The Bertz CT molecular complexity index is 1170. The topological polar surface area (TPSA) is 131 Å². The summed E-state index contributed by atoms with van der Waals surface area (Å²) < 4.78 is 22.0. The van der Waals surface area contributed by atoms with Gasteiger partial charge in [0.05, 0.1) is 25.4 Å². The maximum atomic E-state index is 12.7. The van der Waals surface area contributed by atoms with Gasteiger partial charge in [-0.1, -0.05) is 142 Å². The van der Waals surface area contributed by atoms with E-state index in [1.54, 1.807) is 6.08 Å². The van der Waals surface area contributed by atoms with Crippen LogP contribution in [0.3, 0.4) is 0 Å². The van der Waals surface area contributed by atoms with Gasteiger partial charge in [0.2, 0.25) is 5.91 Å². The highest BCUT2D eigenvalue weighted by atomic mass is 31.2. The molecule has 0 aliphatic heterocycles. The third-order valence-electron chi connectivity index (χ3n) is 7.58. The number of phosphoric ester groups is 1. The first kappa shape index (κ1) is 49.2. The van der Waals surface area contributed by atoms with Crippen molar-refractivity contribution >= 4 is 13.7 Å². The minimum absolute atomic E-state index is 0.0580. The van der Waals surface area contributed by atoms with Crippen molar-refractivity contribution in [2.75, 3.05) is 19.8 Å². The SMILES string of the molecule is CC/C=C\C/C=C\C/C=C\C/C=C\C/C=C\C/C=C\C/C=C\CCCC(=O)NC(COP(=O)(O)OCCN)C(O)/C=C/CC/C=C/CCCCCC. The fourth-order valence-electron chi connectivity index (χ4n) is 4.66. The van der Waals surface area contributed by atoms with Gasteiger partial charge in [-0.05, 0) is 83.5 Å². The first-order valence-electron chi connectivity index (χ1n) is 19.5. The van der Waals surface area contributed by atoms with Crippen molar-refractivity contribution in [3.8, 4) is 0 Å². The van der Waals surface area contributed by atoms with Crippen molar-refractivity contribution in [2.24, 2.45) is 5.73 Å². The molecule has 0 bridgehead atoms. The lowest BCUT2D eigenvalue weighted by atomic mass is 10.1. The highest BCUT2D eigenvalue weighted by Gasteiger charge is 2.26. The van der Waals surface area contributed by atoms with Crippen LogP contribution < -0.4 is 11.1 Å². The van der Waals surface area contributed by atoms with Crippen LogP contribution in [0.1, 0.15) is 123 Å². The van der Waals surface area contributed by atoms with Gasteiger partial charge in [-0.3, -0.25) is 13.8 Å². The predicted octanol–water partition coefficient (Wildman–Crippen LogP) is 10.6. The Labute approximate surface area is 316 Å². The van der Waals surface area contributed by atoms with Gasteiger partial charge in [0, 0.05) is 13.0 Å². The van der Waals surface area contributed by atoms with E-state index >= 15 is 0 Å². The second-order valence-electron chi connectivity index (χ2n) is 12.4. The van der Waals surface area contributed by atoms with E-state index in [-0.39, 0.29) is 32.1 Å². The normalized spacial score (nSPS) is 15.4. The second-order valence-corrected chi connectivity index (χ2v) is 13.8. The van der Waals surface area contributed by atoms with Crippen LogP contribution in [0.2, 0.25) is 0 Å². The molecule has 0 aliphatic carbocycles. The quantitative estimate of drug-likeness (QED) is 0.0293. The predicted molar refractivity (Wildman–Crippen MR) is 221 cm³/mol. The van der Waals surface area contributed by atoms with E-state index in [2.05, 4.69) is 116 Å². The molecule has 9 heteroatoms. The van der Waals surface area contributed by atoms with Gasteiger partial charge < -0.3 is 21.1 Å². The monoisotopic (exact) mass is 743 g/mol. The van der Waals surface area contributed by atoms with Crippen LogP contribution in [0.25, 0.3) is 0 Å². The van der Waals surface area contributed by atoms with Crippen LogP contribution in [0.15, 0.2) is 109 Å². The number of phosphoric acid groups is 1. The molecule has 0 radical (unpaired) electrons. The van der Waals surface area contributed by atoms with E-state index in [4.69, 9.17) is 14.8 Å². The number of hydrogen-bond donors (Lipinski definition) is 4. The number of hydrogen-bond acceptors (Lipinski definition) is 6. The number of nitrogens with two attached hydrogens (primary N) is 1. The van der Waals surface area contributed by atoms with Crippen molar-refractivity contribution in [2.45, 2.75) is 135 Å². The molecular weight excluding hydrogens is 671 g/mol. The Balaban J connectivity index is 4.40. The van der Waals surface area contributed by atoms with Crippen LogP contribution in [0.4, 0.5) is 0 Å². The highest BCUT2D eigenvalue weighted by Crippen LogP contribution is 2.43. The van der Waals surface area contributed by atoms with Gasteiger partial charge in [0.1, 0.15) is 0 Å². The van der Waals surface area contributed by atoms with Crippen LogP contribution >= 0.6 is 7.82 Å². The Kier molecular flexibility index (Phi) is 35.8. The number of rotatable bonds is 34. The lowest BCUT2D eigenvalue weighted by Crippen LogP contribution is -2.45. The zero-order valence-electron chi connectivity index (χ0n) is 32.2. The van der Waals surface area contributed by atoms with Crippen molar-refractivity contribution in [1.29, 1.82) is 0 Å². The number of amides is 1. The van der Waals surface area contributed by atoms with Crippen LogP contribution in [-0.2, 0) is 18.4 Å². The number of nitrogens with one attached hydrogen (secondary N) is 1. The molecule has 5 N–H and O–H groups in total. The van der Waals surface area contributed by atoms with E-state index in [0.29, 0.717) is 6.42 Å². The van der Waals surface area contributed by atoms with Crippen molar-refractivity contribution in [3.63, 3.8) is 0 Å². The minimum atomic E-state index is -4.36. The first-order valence-corrected chi connectivity index (χ1v) is 21.0. The Morgan fingerprint density at radius 2 is 1.13 bits per heavy atom. The summed E-state index contributed by atoms with van der Waals surface area (Å²) in [5, 5.41) is 13.5. The maximum absolute atomic E-state index is 12.7. The smallest absolute Gasteiger partial charge is 0.387 e. The molecule has 294 valence electrons. The first-order chi connectivity index (χ1) is 25.4. The zero-order valence-corrected chi connectivity index (χ0v) is 33.1. The molecule has 0 rings (SSSR count). The summed E-state index contributed by atoms with van der Waals surface area (Å²) in [5.74, 6) is -0.270. The molecular formula is C43H71N2O6P. The molecule has 8 nitrogen and oxygen atoms in total. The van der Waals surface area contributed by atoms with Crippen molar-refractivity contribution < 1.29 is 28.4 Å². The highest BCUT2D eigenvalue weighted by molar-refractivity contribution is 7.47. The number of allylic oxidation sites excluding steroid dienone is 17. The Hall–Kier alpha value is -2.84. The Morgan fingerprint density at radius 1 is 0.654 bits per heavy atom. The fourth-order valence-corrected chi connectivity index (χ4v) is 5.42. The Morgan fingerprint density at radius 3 is 1.67 bits per heavy atom. The molecule has 0 heterocycles. The summed E-state index contributed by atoms with van der Waals surface area (Å²) in [6, 6.07) is -0.913. The number of unbranched alkanes of at least 4 members (excludes halogenated alkanes) is 6. The molecule has 3 atom stereocenters. The maximum Gasteiger partial charge on any atom is 0.472 e. The fraction of sp³-hybridized carbons (Fsp3) is 0.558. The van der Waals surface area contributed by atoms with Crippen molar-refractivity contribution in [3.05, 3.63) is 109 Å². The van der Waals surface area contributed by atoms with Gasteiger partial charge in [0.25, 0.3) is 0 Å². The zero-order chi connectivity index (χ0) is 38.2. The summed E-state index contributed by atoms with van der Waals surface area (Å²) in [6.45, 7) is 3.87. The van der Waals surface area contributed by atoms with E-state index in [9.17, 15) is 19.4 Å². The van der Waals surface area contributed by atoms with E-state index in [1.165, 1.54) is 25.7 Å². The van der Waals surface area contributed by atoms with Gasteiger partial charge in [-0.25, -0.2) is 4.57 Å². The molecule has 0 aromatic heterocycles. The van der Waals surface area contributed by atoms with Gasteiger partial charge in [-0.2, -0.15) is 0 Å². The molecule has 0 aromatic rings. The molecule has 0 aromatic carbocycles. The molecule has 0 aliphatic rings. The van der Waals surface area contributed by atoms with E-state index in [1.807, 2.05) is 6.08 Å². The molecule has 0 saturated carbocycles. The van der Waals surface area contributed by atoms with Gasteiger partial charge >= 0.3 is 7.82 Å².